The zero-order valence-electron chi connectivity index (χ0n) is 8.80. The first kappa shape index (κ1) is 14.6. The van der Waals surface area contributed by atoms with E-state index >= 15 is 0 Å². The molecule has 0 saturated heterocycles. The van der Waals surface area contributed by atoms with Crippen molar-refractivity contribution in [1.29, 1.82) is 0 Å². The van der Waals surface area contributed by atoms with Gasteiger partial charge in [0, 0.05) is 6.04 Å². The molecule has 1 saturated carbocycles. The van der Waals surface area contributed by atoms with Crippen LogP contribution in [0.2, 0.25) is 5.02 Å². The van der Waals surface area contributed by atoms with Crippen LogP contribution in [0.5, 0.6) is 0 Å². The van der Waals surface area contributed by atoms with Crippen molar-refractivity contribution >= 4 is 24.0 Å². The van der Waals surface area contributed by atoms with Gasteiger partial charge in [0.25, 0.3) is 0 Å². The fourth-order valence-electron chi connectivity index (χ4n) is 1.69. The number of rotatable bonds is 2. The molecule has 1 atom stereocenters. The van der Waals surface area contributed by atoms with Crippen LogP contribution in [0.25, 0.3) is 0 Å². The van der Waals surface area contributed by atoms with Gasteiger partial charge in [-0.25, -0.2) is 0 Å². The summed E-state index contributed by atoms with van der Waals surface area (Å²) >= 11 is 5.52. The minimum absolute atomic E-state index is 0. The van der Waals surface area contributed by atoms with Crippen molar-refractivity contribution in [2.24, 2.45) is 11.7 Å². The topological polar surface area (TPSA) is 26.0 Å². The molecule has 0 bridgehead atoms. The summed E-state index contributed by atoms with van der Waals surface area (Å²) in [5.74, 6) is 0.322. The van der Waals surface area contributed by atoms with Crippen LogP contribution in [0, 0.1) is 5.92 Å². The molecule has 0 aromatic heterocycles. The van der Waals surface area contributed by atoms with Gasteiger partial charge in [0.1, 0.15) is 0 Å². The number of benzene rings is 1. The second-order valence-electron chi connectivity index (χ2n) is 4.10. The quantitative estimate of drug-likeness (QED) is 0.866. The van der Waals surface area contributed by atoms with Crippen molar-refractivity contribution in [2.45, 2.75) is 25.1 Å². The first-order chi connectivity index (χ1) is 7.39. The van der Waals surface area contributed by atoms with E-state index < -0.39 is 11.7 Å². The third-order valence-corrected chi connectivity index (χ3v) is 3.14. The molecule has 1 aromatic rings. The van der Waals surface area contributed by atoms with Gasteiger partial charge in [-0.2, -0.15) is 13.2 Å². The summed E-state index contributed by atoms with van der Waals surface area (Å²) in [6, 6.07) is 3.59. The molecule has 1 fully saturated rings. The van der Waals surface area contributed by atoms with E-state index in [1.54, 1.807) is 6.07 Å². The fraction of sp³-hybridized carbons (Fsp3) is 0.455. The monoisotopic (exact) mass is 285 g/mol. The zero-order chi connectivity index (χ0) is 11.9. The fourth-order valence-corrected chi connectivity index (χ4v) is 1.92. The third kappa shape index (κ3) is 3.27. The lowest BCUT2D eigenvalue weighted by atomic mass is 10.0. The number of halogens is 5. The van der Waals surface area contributed by atoms with E-state index in [4.69, 9.17) is 17.3 Å². The molecule has 1 nitrogen and oxygen atoms in total. The first-order valence-corrected chi connectivity index (χ1v) is 5.39. The smallest absolute Gasteiger partial charge is 0.324 e. The van der Waals surface area contributed by atoms with Crippen LogP contribution in [0.4, 0.5) is 13.2 Å². The molecule has 2 N–H and O–H groups in total. The lowest BCUT2D eigenvalue weighted by molar-refractivity contribution is -0.137. The van der Waals surface area contributed by atoms with Crippen LogP contribution in [0.1, 0.15) is 30.0 Å². The van der Waals surface area contributed by atoms with Crippen LogP contribution < -0.4 is 5.73 Å². The Morgan fingerprint density at radius 1 is 1.29 bits per heavy atom. The summed E-state index contributed by atoms with van der Waals surface area (Å²) in [5.41, 5.74) is 5.56. The summed E-state index contributed by atoms with van der Waals surface area (Å²) in [5, 5.41) is -0.278. The highest BCUT2D eigenvalue weighted by Crippen LogP contribution is 2.42. The maximum atomic E-state index is 12.6. The van der Waals surface area contributed by atoms with Crippen molar-refractivity contribution in [2.75, 3.05) is 0 Å². The summed E-state index contributed by atoms with van der Waals surface area (Å²) in [4.78, 5) is 0. The SMILES string of the molecule is Cl.N[C@H](c1ccc(Cl)c(C(F)(F)F)c1)C1CC1. The Hall–Kier alpha value is -0.450. The van der Waals surface area contributed by atoms with Gasteiger partial charge >= 0.3 is 6.18 Å². The Morgan fingerprint density at radius 3 is 2.35 bits per heavy atom. The van der Waals surface area contributed by atoms with E-state index in [2.05, 4.69) is 0 Å². The van der Waals surface area contributed by atoms with Crippen molar-refractivity contribution < 1.29 is 13.2 Å². The summed E-state index contributed by atoms with van der Waals surface area (Å²) < 4.78 is 37.8. The molecule has 6 heteroatoms. The van der Waals surface area contributed by atoms with Crippen LogP contribution >= 0.6 is 24.0 Å². The molecule has 0 amide bonds. The van der Waals surface area contributed by atoms with Gasteiger partial charge < -0.3 is 5.73 Å². The standard InChI is InChI=1S/C11H11ClF3N.ClH/c12-9-4-3-7(10(16)6-1-2-6)5-8(9)11(13,14)15;/h3-6,10H,1-2,16H2;1H/t10-;/m0./s1. The molecule has 0 radical (unpaired) electrons. The molecular weight excluding hydrogens is 274 g/mol. The third-order valence-electron chi connectivity index (χ3n) is 2.81. The first-order valence-electron chi connectivity index (χ1n) is 5.02. The van der Waals surface area contributed by atoms with Gasteiger partial charge in [0.05, 0.1) is 10.6 Å². The highest BCUT2D eigenvalue weighted by molar-refractivity contribution is 6.31. The number of hydrogen-bond donors (Lipinski definition) is 1. The normalized spacial score (nSPS) is 17.5. The number of alkyl halides is 3. The maximum absolute atomic E-state index is 12.6. The molecule has 17 heavy (non-hydrogen) atoms. The Balaban J connectivity index is 0.00000144. The van der Waals surface area contributed by atoms with Gasteiger partial charge in [0.15, 0.2) is 0 Å². The average molecular weight is 286 g/mol. The van der Waals surface area contributed by atoms with Crippen LogP contribution in [-0.2, 0) is 6.18 Å². The maximum Gasteiger partial charge on any atom is 0.417 e. The molecule has 0 unspecified atom stereocenters. The van der Waals surface area contributed by atoms with Crippen molar-refractivity contribution in [1.82, 2.24) is 0 Å². The van der Waals surface area contributed by atoms with E-state index in [-0.39, 0.29) is 23.5 Å². The van der Waals surface area contributed by atoms with Crippen LogP contribution in [0.3, 0.4) is 0 Å². The Bertz CT molecular complexity index is 402. The van der Waals surface area contributed by atoms with E-state index in [1.165, 1.54) is 6.07 Å². The predicted octanol–water partition coefficient (Wildman–Crippen LogP) is 4.19. The Morgan fingerprint density at radius 2 is 1.88 bits per heavy atom. The van der Waals surface area contributed by atoms with Crippen molar-refractivity contribution in [3.63, 3.8) is 0 Å². The minimum atomic E-state index is -4.42. The molecule has 0 spiro atoms. The molecule has 1 aliphatic carbocycles. The summed E-state index contributed by atoms with van der Waals surface area (Å²) in [6.07, 6.45) is -2.44. The van der Waals surface area contributed by atoms with Crippen LogP contribution in [0.15, 0.2) is 18.2 Å². The molecule has 0 aliphatic heterocycles. The lowest BCUT2D eigenvalue weighted by Gasteiger charge is -2.15. The molecule has 1 aliphatic rings. The van der Waals surface area contributed by atoms with E-state index in [0.717, 1.165) is 18.9 Å². The molecule has 0 heterocycles. The largest absolute Gasteiger partial charge is 0.417 e. The summed E-state index contributed by atoms with van der Waals surface area (Å²) in [6.45, 7) is 0. The molecule has 96 valence electrons. The molecule has 2 rings (SSSR count). The summed E-state index contributed by atoms with van der Waals surface area (Å²) in [7, 11) is 0. The second kappa shape index (κ2) is 5.04. The van der Waals surface area contributed by atoms with Crippen LogP contribution in [-0.4, -0.2) is 0 Å². The highest BCUT2D eigenvalue weighted by Gasteiger charge is 2.35. The minimum Gasteiger partial charge on any atom is -0.324 e. The number of hydrogen-bond acceptors (Lipinski definition) is 1. The van der Waals surface area contributed by atoms with Gasteiger partial charge in [-0.3, -0.25) is 0 Å². The van der Waals surface area contributed by atoms with E-state index in [9.17, 15) is 13.2 Å². The molecule has 1 aromatic carbocycles. The average Bonchev–Trinajstić information content (AvgIpc) is 2.98. The van der Waals surface area contributed by atoms with E-state index in [1.807, 2.05) is 0 Å². The highest BCUT2D eigenvalue weighted by atomic mass is 35.5. The van der Waals surface area contributed by atoms with Gasteiger partial charge in [-0.15, -0.1) is 12.4 Å². The second-order valence-corrected chi connectivity index (χ2v) is 4.51. The van der Waals surface area contributed by atoms with Gasteiger partial charge in [-0.05, 0) is 36.5 Å². The van der Waals surface area contributed by atoms with Gasteiger partial charge in [-0.1, -0.05) is 17.7 Å². The Kier molecular flexibility index (Phi) is 4.33. The number of nitrogens with two attached hydrogens (primary N) is 1. The lowest BCUT2D eigenvalue weighted by Crippen LogP contribution is -2.14. The van der Waals surface area contributed by atoms with Gasteiger partial charge in [0.2, 0.25) is 0 Å². The zero-order valence-corrected chi connectivity index (χ0v) is 10.4. The van der Waals surface area contributed by atoms with E-state index in [0.29, 0.717) is 11.5 Å². The predicted molar refractivity (Wildman–Crippen MR) is 63.4 cm³/mol. The van der Waals surface area contributed by atoms with Crippen molar-refractivity contribution in [3.8, 4) is 0 Å². The molecular formula is C11H12Cl2F3N. The van der Waals surface area contributed by atoms with Crippen molar-refractivity contribution in [3.05, 3.63) is 34.3 Å². The Labute approximate surface area is 109 Å².